The quantitative estimate of drug-likeness (QED) is 0.899. The second-order valence-electron chi connectivity index (χ2n) is 4.24. The number of rotatable bonds is 5. The molecule has 0 aromatic heterocycles. The van der Waals surface area contributed by atoms with Gasteiger partial charge < -0.3 is 10.5 Å². The molecule has 0 saturated heterocycles. The lowest BCUT2D eigenvalue weighted by Gasteiger charge is -2.22. The molecule has 0 aliphatic carbocycles. The van der Waals surface area contributed by atoms with Crippen LogP contribution in [0.4, 0.5) is 0 Å². The van der Waals surface area contributed by atoms with E-state index in [2.05, 4.69) is 22.9 Å². The third kappa shape index (κ3) is 4.42. The van der Waals surface area contributed by atoms with E-state index in [9.17, 15) is 0 Å². The molecule has 90 valence electrons. The fraction of sp³-hybridized carbons (Fsp3) is 0.500. The van der Waals surface area contributed by atoms with Gasteiger partial charge in [0.15, 0.2) is 0 Å². The van der Waals surface area contributed by atoms with E-state index < -0.39 is 0 Å². The maximum atomic E-state index is 6.07. The van der Waals surface area contributed by atoms with Gasteiger partial charge in [-0.25, -0.2) is 0 Å². The van der Waals surface area contributed by atoms with E-state index in [4.69, 9.17) is 22.1 Å². The highest BCUT2D eigenvalue weighted by molar-refractivity contribution is 9.10. The van der Waals surface area contributed by atoms with E-state index in [-0.39, 0.29) is 5.54 Å². The van der Waals surface area contributed by atoms with Gasteiger partial charge in [-0.1, -0.05) is 40.5 Å². The van der Waals surface area contributed by atoms with E-state index in [1.165, 1.54) is 0 Å². The Balaban J connectivity index is 2.49. The summed E-state index contributed by atoms with van der Waals surface area (Å²) in [6.45, 7) is 5.07. The molecule has 4 heteroatoms. The summed E-state index contributed by atoms with van der Waals surface area (Å²) in [5.74, 6) is 0. The molecule has 0 saturated carbocycles. The average molecular weight is 307 g/mol. The lowest BCUT2D eigenvalue weighted by Crippen LogP contribution is -2.40. The Bertz CT molecular complexity index is 355. The highest BCUT2D eigenvalue weighted by Crippen LogP contribution is 2.22. The van der Waals surface area contributed by atoms with E-state index in [1.54, 1.807) is 0 Å². The van der Waals surface area contributed by atoms with Crippen molar-refractivity contribution in [3.05, 3.63) is 33.3 Å². The van der Waals surface area contributed by atoms with Gasteiger partial charge in [-0.05, 0) is 31.0 Å². The second kappa shape index (κ2) is 6.01. The SMILES string of the molecule is CCC(C)(N)COCc1ccc(Br)cc1Cl. The van der Waals surface area contributed by atoms with Gasteiger partial charge in [-0.3, -0.25) is 0 Å². The van der Waals surface area contributed by atoms with Gasteiger partial charge in [0.25, 0.3) is 0 Å². The Morgan fingerprint density at radius 3 is 2.75 bits per heavy atom. The van der Waals surface area contributed by atoms with E-state index in [0.29, 0.717) is 18.2 Å². The predicted octanol–water partition coefficient (Wildman–Crippen LogP) is 3.75. The lowest BCUT2D eigenvalue weighted by atomic mass is 10.0. The van der Waals surface area contributed by atoms with Crippen LogP contribution in [0.5, 0.6) is 0 Å². The van der Waals surface area contributed by atoms with E-state index in [0.717, 1.165) is 16.5 Å². The highest BCUT2D eigenvalue weighted by Gasteiger charge is 2.15. The fourth-order valence-electron chi connectivity index (χ4n) is 1.13. The normalized spacial score (nSPS) is 14.8. The first-order valence-electron chi connectivity index (χ1n) is 5.25. The minimum absolute atomic E-state index is 0.262. The van der Waals surface area contributed by atoms with Crippen molar-refractivity contribution in [3.8, 4) is 0 Å². The van der Waals surface area contributed by atoms with Crippen molar-refractivity contribution in [2.24, 2.45) is 5.73 Å². The van der Waals surface area contributed by atoms with Gasteiger partial charge in [0.1, 0.15) is 0 Å². The van der Waals surface area contributed by atoms with E-state index >= 15 is 0 Å². The zero-order valence-corrected chi connectivity index (χ0v) is 11.9. The van der Waals surface area contributed by atoms with Crippen molar-refractivity contribution in [2.75, 3.05) is 6.61 Å². The molecule has 0 heterocycles. The zero-order valence-electron chi connectivity index (χ0n) is 9.59. The molecule has 0 radical (unpaired) electrons. The van der Waals surface area contributed by atoms with Crippen LogP contribution in [0.25, 0.3) is 0 Å². The Morgan fingerprint density at radius 1 is 1.50 bits per heavy atom. The maximum absolute atomic E-state index is 6.07. The average Bonchev–Trinajstić information content (AvgIpc) is 2.21. The van der Waals surface area contributed by atoms with Crippen LogP contribution in [0.2, 0.25) is 5.02 Å². The molecule has 1 aromatic rings. The summed E-state index contributed by atoms with van der Waals surface area (Å²) in [6.07, 6.45) is 0.890. The van der Waals surface area contributed by atoms with Crippen molar-refractivity contribution in [1.82, 2.24) is 0 Å². The van der Waals surface area contributed by atoms with Gasteiger partial charge in [0.05, 0.1) is 13.2 Å². The van der Waals surface area contributed by atoms with Crippen molar-refractivity contribution in [2.45, 2.75) is 32.4 Å². The van der Waals surface area contributed by atoms with Gasteiger partial charge >= 0.3 is 0 Å². The molecule has 0 spiro atoms. The maximum Gasteiger partial charge on any atom is 0.0732 e. The summed E-state index contributed by atoms with van der Waals surface area (Å²) in [5, 5.41) is 0.713. The van der Waals surface area contributed by atoms with Crippen LogP contribution < -0.4 is 5.73 Å². The molecule has 1 atom stereocenters. The number of halogens is 2. The standard InChI is InChI=1S/C12H17BrClNO/c1-3-12(2,15)8-16-7-9-4-5-10(13)6-11(9)14/h4-6H,3,7-8,15H2,1-2H3. The Hall–Kier alpha value is -0.0900. The van der Waals surface area contributed by atoms with Crippen LogP contribution in [0.15, 0.2) is 22.7 Å². The number of hydrogen-bond donors (Lipinski definition) is 1. The number of benzene rings is 1. The molecule has 1 rings (SSSR count). The summed E-state index contributed by atoms with van der Waals surface area (Å²) < 4.78 is 6.54. The summed E-state index contributed by atoms with van der Waals surface area (Å²) in [7, 11) is 0. The van der Waals surface area contributed by atoms with Crippen LogP contribution >= 0.6 is 27.5 Å². The first kappa shape index (κ1) is 14.0. The molecule has 2 N–H and O–H groups in total. The van der Waals surface area contributed by atoms with Crippen molar-refractivity contribution in [3.63, 3.8) is 0 Å². The molecule has 0 fully saturated rings. The molecule has 0 amide bonds. The number of hydrogen-bond acceptors (Lipinski definition) is 2. The Morgan fingerprint density at radius 2 is 2.19 bits per heavy atom. The van der Waals surface area contributed by atoms with Crippen LogP contribution in [-0.4, -0.2) is 12.1 Å². The smallest absolute Gasteiger partial charge is 0.0732 e. The summed E-state index contributed by atoms with van der Waals surface area (Å²) in [5.41, 5.74) is 6.70. The molecule has 1 unspecified atom stereocenters. The molecule has 2 nitrogen and oxygen atoms in total. The molecular formula is C12H17BrClNO. The molecule has 1 aromatic carbocycles. The van der Waals surface area contributed by atoms with Crippen LogP contribution in [0.1, 0.15) is 25.8 Å². The minimum Gasteiger partial charge on any atom is -0.375 e. The van der Waals surface area contributed by atoms with Gasteiger partial charge in [-0.15, -0.1) is 0 Å². The molecule has 0 bridgehead atoms. The third-order valence-corrected chi connectivity index (χ3v) is 3.36. The van der Waals surface area contributed by atoms with Crippen molar-refractivity contribution in [1.29, 1.82) is 0 Å². The third-order valence-electron chi connectivity index (χ3n) is 2.51. The van der Waals surface area contributed by atoms with Crippen molar-refractivity contribution >= 4 is 27.5 Å². The largest absolute Gasteiger partial charge is 0.375 e. The minimum atomic E-state index is -0.262. The topological polar surface area (TPSA) is 35.2 Å². The number of ether oxygens (including phenoxy) is 1. The molecule has 16 heavy (non-hydrogen) atoms. The summed E-state index contributed by atoms with van der Waals surface area (Å²) in [4.78, 5) is 0. The van der Waals surface area contributed by atoms with Gasteiger partial charge in [0, 0.05) is 15.0 Å². The van der Waals surface area contributed by atoms with Crippen LogP contribution in [-0.2, 0) is 11.3 Å². The second-order valence-corrected chi connectivity index (χ2v) is 5.56. The molecular weight excluding hydrogens is 289 g/mol. The van der Waals surface area contributed by atoms with Gasteiger partial charge in [-0.2, -0.15) is 0 Å². The van der Waals surface area contributed by atoms with E-state index in [1.807, 2.05) is 25.1 Å². The molecule has 0 aliphatic heterocycles. The van der Waals surface area contributed by atoms with Crippen molar-refractivity contribution < 1.29 is 4.74 Å². The van der Waals surface area contributed by atoms with Gasteiger partial charge in [0.2, 0.25) is 0 Å². The Kier molecular flexibility index (Phi) is 5.25. The highest BCUT2D eigenvalue weighted by atomic mass is 79.9. The Labute approximate surface area is 110 Å². The fourth-order valence-corrected chi connectivity index (χ4v) is 1.86. The first-order chi connectivity index (χ1) is 7.44. The summed E-state index contributed by atoms with van der Waals surface area (Å²) >= 11 is 9.43. The monoisotopic (exact) mass is 305 g/mol. The molecule has 0 aliphatic rings. The van der Waals surface area contributed by atoms with Crippen LogP contribution in [0.3, 0.4) is 0 Å². The first-order valence-corrected chi connectivity index (χ1v) is 6.42. The lowest BCUT2D eigenvalue weighted by molar-refractivity contribution is 0.0778. The number of nitrogens with two attached hydrogens (primary N) is 1. The van der Waals surface area contributed by atoms with Crippen LogP contribution in [0, 0.1) is 0 Å². The predicted molar refractivity (Wildman–Crippen MR) is 71.7 cm³/mol. The summed E-state index contributed by atoms with van der Waals surface area (Å²) in [6, 6.07) is 5.76. The zero-order chi connectivity index (χ0) is 12.2.